The van der Waals surface area contributed by atoms with Gasteiger partial charge in [0.2, 0.25) is 0 Å². The van der Waals surface area contributed by atoms with Crippen LogP contribution in [0.25, 0.3) is 11.0 Å². The molecule has 0 spiro atoms. The summed E-state index contributed by atoms with van der Waals surface area (Å²) < 4.78 is 5.39. The van der Waals surface area contributed by atoms with Crippen molar-refractivity contribution in [2.75, 3.05) is 0 Å². The zero-order valence-electron chi connectivity index (χ0n) is 7.93. The van der Waals surface area contributed by atoms with Crippen molar-refractivity contribution in [3.05, 3.63) is 34.5 Å². The first-order valence-corrected chi connectivity index (χ1v) is 4.66. The molecule has 1 aromatic heterocycles. The third kappa shape index (κ3) is 1.42. The Hall–Kier alpha value is -1.28. The molecule has 2 nitrogen and oxygen atoms in total. The molecule has 0 N–H and O–H groups in total. The van der Waals surface area contributed by atoms with Crippen LogP contribution in [0.5, 0.6) is 0 Å². The van der Waals surface area contributed by atoms with Gasteiger partial charge in [0.05, 0.1) is 5.02 Å². The number of benzene rings is 1. The van der Waals surface area contributed by atoms with E-state index < -0.39 is 0 Å². The number of carbonyl (C=O) groups excluding carboxylic acids is 1. The van der Waals surface area contributed by atoms with Crippen LogP contribution >= 0.6 is 11.6 Å². The lowest BCUT2D eigenvalue weighted by molar-refractivity contribution is 0.101. The van der Waals surface area contributed by atoms with Gasteiger partial charge >= 0.3 is 0 Å². The normalized spacial score (nSPS) is 10.8. The lowest BCUT2D eigenvalue weighted by atomic mass is 10.1. The van der Waals surface area contributed by atoms with Crippen molar-refractivity contribution in [1.29, 1.82) is 0 Å². The molecule has 0 amide bonds. The van der Waals surface area contributed by atoms with E-state index in [1.165, 1.54) is 6.92 Å². The van der Waals surface area contributed by atoms with Gasteiger partial charge in [0.1, 0.15) is 5.76 Å². The number of rotatable bonds is 1. The van der Waals surface area contributed by atoms with E-state index in [0.29, 0.717) is 16.2 Å². The van der Waals surface area contributed by atoms with Gasteiger partial charge in [-0.3, -0.25) is 4.79 Å². The van der Waals surface area contributed by atoms with Crippen molar-refractivity contribution < 1.29 is 9.21 Å². The summed E-state index contributed by atoms with van der Waals surface area (Å²) in [6, 6.07) is 5.29. The van der Waals surface area contributed by atoms with Crippen molar-refractivity contribution in [2.24, 2.45) is 0 Å². The van der Waals surface area contributed by atoms with Gasteiger partial charge in [-0.2, -0.15) is 0 Å². The average molecular weight is 209 g/mol. The molecule has 0 saturated carbocycles. The molecule has 0 aliphatic rings. The molecule has 0 aliphatic carbocycles. The Bertz CT molecular complexity index is 511. The summed E-state index contributed by atoms with van der Waals surface area (Å²) in [6.45, 7) is 3.37. The molecule has 0 bridgehead atoms. The maximum atomic E-state index is 11.2. The van der Waals surface area contributed by atoms with Gasteiger partial charge in [0, 0.05) is 10.9 Å². The summed E-state index contributed by atoms with van der Waals surface area (Å²) in [5.74, 6) is 0.801. The Balaban J connectivity index is 2.77. The molecule has 1 aromatic carbocycles. The van der Waals surface area contributed by atoms with Gasteiger partial charge in [-0.25, -0.2) is 0 Å². The van der Waals surface area contributed by atoms with E-state index in [1.807, 2.05) is 13.0 Å². The van der Waals surface area contributed by atoms with Crippen LogP contribution in [-0.2, 0) is 0 Å². The molecule has 0 fully saturated rings. The van der Waals surface area contributed by atoms with Crippen LogP contribution in [0.2, 0.25) is 5.02 Å². The largest absolute Gasteiger partial charge is 0.460 e. The average Bonchev–Trinajstić information content (AvgIpc) is 2.45. The fourth-order valence-corrected chi connectivity index (χ4v) is 1.71. The summed E-state index contributed by atoms with van der Waals surface area (Å²) in [7, 11) is 0. The van der Waals surface area contributed by atoms with Gasteiger partial charge in [-0.1, -0.05) is 11.6 Å². The van der Waals surface area contributed by atoms with E-state index in [-0.39, 0.29) is 5.78 Å². The first-order chi connectivity index (χ1) is 6.58. The minimum atomic E-state index is 0.00709. The predicted octanol–water partition coefficient (Wildman–Crippen LogP) is 3.60. The van der Waals surface area contributed by atoms with E-state index in [4.69, 9.17) is 16.0 Å². The number of hydrogen-bond acceptors (Lipinski definition) is 2. The van der Waals surface area contributed by atoms with E-state index in [0.717, 1.165) is 11.1 Å². The molecule has 2 rings (SSSR count). The standard InChI is InChI=1S/C11H9ClO2/c1-6-3-9-4-8(7(2)13)5-10(12)11(9)14-6/h3-5H,1-2H3. The summed E-state index contributed by atoms with van der Waals surface area (Å²) in [4.78, 5) is 11.2. The van der Waals surface area contributed by atoms with Crippen LogP contribution in [0.3, 0.4) is 0 Å². The molecular formula is C11H9ClO2. The number of halogens is 1. The minimum absolute atomic E-state index is 0.00709. The molecule has 14 heavy (non-hydrogen) atoms. The highest BCUT2D eigenvalue weighted by molar-refractivity contribution is 6.35. The summed E-state index contributed by atoms with van der Waals surface area (Å²) in [5.41, 5.74) is 1.26. The highest BCUT2D eigenvalue weighted by atomic mass is 35.5. The van der Waals surface area contributed by atoms with Crippen molar-refractivity contribution in [2.45, 2.75) is 13.8 Å². The molecule has 0 aliphatic heterocycles. The highest BCUT2D eigenvalue weighted by Gasteiger charge is 2.09. The molecule has 72 valence electrons. The predicted molar refractivity (Wildman–Crippen MR) is 56.0 cm³/mol. The molecule has 0 radical (unpaired) electrons. The number of fused-ring (bicyclic) bond motifs is 1. The number of aryl methyl sites for hydroxylation is 1. The van der Waals surface area contributed by atoms with E-state index in [2.05, 4.69) is 0 Å². The van der Waals surface area contributed by atoms with Gasteiger partial charge < -0.3 is 4.42 Å². The third-order valence-electron chi connectivity index (χ3n) is 2.10. The van der Waals surface area contributed by atoms with Crippen molar-refractivity contribution in [1.82, 2.24) is 0 Å². The molecule has 0 atom stereocenters. The lowest BCUT2D eigenvalue weighted by Gasteiger charge is -1.97. The van der Waals surface area contributed by atoms with E-state index in [1.54, 1.807) is 12.1 Å². The second-order valence-electron chi connectivity index (χ2n) is 3.29. The lowest BCUT2D eigenvalue weighted by Crippen LogP contribution is -1.90. The van der Waals surface area contributed by atoms with Crippen molar-refractivity contribution >= 4 is 28.4 Å². The van der Waals surface area contributed by atoms with Crippen molar-refractivity contribution in [3.63, 3.8) is 0 Å². The summed E-state index contributed by atoms with van der Waals surface area (Å²) in [5, 5.41) is 1.36. The highest BCUT2D eigenvalue weighted by Crippen LogP contribution is 2.28. The topological polar surface area (TPSA) is 30.2 Å². The Morgan fingerprint density at radius 3 is 2.71 bits per heavy atom. The number of hydrogen-bond donors (Lipinski definition) is 0. The van der Waals surface area contributed by atoms with Crippen LogP contribution in [0.15, 0.2) is 22.6 Å². The fraction of sp³-hybridized carbons (Fsp3) is 0.182. The zero-order chi connectivity index (χ0) is 10.3. The van der Waals surface area contributed by atoms with Gasteiger partial charge in [-0.05, 0) is 32.0 Å². The Morgan fingerprint density at radius 2 is 2.07 bits per heavy atom. The molecule has 3 heteroatoms. The summed E-state index contributed by atoms with van der Waals surface area (Å²) in [6.07, 6.45) is 0. The fourth-order valence-electron chi connectivity index (χ4n) is 1.44. The third-order valence-corrected chi connectivity index (χ3v) is 2.38. The van der Waals surface area contributed by atoms with E-state index in [9.17, 15) is 4.79 Å². The van der Waals surface area contributed by atoms with E-state index >= 15 is 0 Å². The van der Waals surface area contributed by atoms with Gasteiger partial charge in [0.15, 0.2) is 11.4 Å². The Morgan fingerprint density at radius 1 is 1.36 bits per heavy atom. The number of Topliss-reactive ketones (excluding diaryl/α,β-unsaturated/α-hetero) is 1. The van der Waals surface area contributed by atoms with Crippen LogP contribution in [0.1, 0.15) is 23.0 Å². The maximum Gasteiger partial charge on any atom is 0.159 e. The molecule has 2 aromatic rings. The van der Waals surface area contributed by atoms with Gasteiger partial charge in [0.25, 0.3) is 0 Å². The smallest absolute Gasteiger partial charge is 0.159 e. The van der Waals surface area contributed by atoms with Crippen LogP contribution in [0.4, 0.5) is 0 Å². The zero-order valence-corrected chi connectivity index (χ0v) is 8.68. The Labute approximate surface area is 86.5 Å². The second-order valence-corrected chi connectivity index (χ2v) is 3.70. The van der Waals surface area contributed by atoms with Crippen LogP contribution < -0.4 is 0 Å². The first kappa shape index (κ1) is 9.28. The second kappa shape index (κ2) is 3.14. The quantitative estimate of drug-likeness (QED) is 0.671. The first-order valence-electron chi connectivity index (χ1n) is 4.28. The molecule has 0 unspecified atom stereocenters. The Kier molecular flexibility index (Phi) is 2.08. The van der Waals surface area contributed by atoms with Crippen LogP contribution in [0, 0.1) is 6.92 Å². The monoisotopic (exact) mass is 208 g/mol. The SMILES string of the molecule is CC(=O)c1cc(Cl)c2oc(C)cc2c1. The van der Waals surface area contributed by atoms with Crippen molar-refractivity contribution in [3.8, 4) is 0 Å². The van der Waals surface area contributed by atoms with Crippen LogP contribution in [-0.4, -0.2) is 5.78 Å². The summed E-state index contributed by atoms with van der Waals surface area (Å²) >= 11 is 5.97. The number of furan rings is 1. The molecule has 0 saturated heterocycles. The minimum Gasteiger partial charge on any atom is -0.460 e. The number of carbonyl (C=O) groups is 1. The molecule has 1 heterocycles. The molecular weight excluding hydrogens is 200 g/mol. The maximum absolute atomic E-state index is 11.2. The van der Waals surface area contributed by atoms with Gasteiger partial charge in [-0.15, -0.1) is 0 Å². The number of ketones is 1.